The summed E-state index contributed by atoms with van der Waals surface area (Å²) in [6, 6.07) is 5.22. The van der Waals surface area contributed by atoms with Gasteiger partial charge in [0.2, 0.25) is 5.91 Å². The first kappa shape index (κ1) is 13.1. The summed E-state index contributed by atoms with van der Waals surface area (Å²) in [5.74, 6) is 0.110. The molecule has 1 unspecified atom stereocenters. The molecule has 1 atom stereocenters. The van der Waals surface area contributed by atoms with Gasteiger partial charge in [-0.25, -0.2) is 0 Å². The van der Waals surface area contributed by atoms with Crippen LogP contribution in [0.15, 0.2) is 23.0 Å². The highest BCUT2D eigenvalue weighted by Gasteiger charge is 2.37. The molecule has 4 rings (SSSR count). The summed E-state index contributed by atoms with van der Waals surface area (Å²) >= 11 is 0. The molecule has 1 aromatic carbocycles. The molecule has 2 fully saturated rings. The highest BCUT2D eigenvalue weighted by molar-refractivity contribution is 5.98. The molecule has 0 aliphatic carbocycles. The third-order valence-electron chi connectivity index (χ3n) is 4.60. The van der Waals surface area contributed by atoms with Crippen LogP contribution in [0.3, 0.4) is 0 Å². The Balaban J connectivity index is 1.59. The standard InChI is InChI=1S/C15H16N4O3/c20-13-4-2-10-8-18(5-6-19(10)13)15(22)9-1-3-12-11(7-9)14(21)17-16-12/h1,3,7,10H,2,4-6,8H2,(H2,16,17,21). The van der Waals surface area contributed by atoms with Crippen LogP contribution in [0.1, 0.15) is 23.2 Å². The number of hydrogen-bond acceptors (Lipinski definition) is 3. The van der Waals surface area contributed by atoms with E-state index in [1.165, 1.54) is 0 Å². The van der Waals surface area contributed by atoms with E-state index < -0.39 is 0 Å². The first-order valence-electron chi connectivity index (χ1n) is 7.42. The molecular weight excluding hydrogens is 284 g/mol. The van der Waals surface area contributed by atoms with E-state index in [0.29, 0.717) is 42.5 Å². The van der Waals surface area contributed by atoms with Gasteiger partial charge in [0.25, 0.3) is 11.5 Å². The van der Waals surface area contributed by atoms with Gasteiger partial charge in [0.1, 0.15) is 0 Å². The Morgan fingerprint density at radius 3 is 2.91 bits per heavy atom. The van der Waals surface area contributed by atoms with E-state index in [9.17, 15) is 14.4 Å². The molecule has 0 saturated carbocycles. The molecule has 22 heavy (non-hydrogen) atoms. The predicted octanol–water partition coefficient (Wildman–Crippen LogP) is 0.303. The molecule has 2 aromatic rings. The zero-order valence-electron chi connectivity index (χ0n) is 12.0. The molecule has 2 saturated heterocycles. The number of carbonyl (C=O) groups is 2. The lowest BCUT2D eigenvalue weighted by atomic mass is 10.1. The summed E-state index contributed by atoms with van der Waals surface area (Å²) in [4.78, 5) is 39.7. The summed E-state index contributed by atoms with van der Waals surface area (Å²) in [6.07, 6.45) is 1.40. The largest absolute Gasteiger partial charge is 0.336 e. The van der Waals surface area contributed by atoms with Gasteiger partial charge in [-0.2, -0.15) is 0 Å². The van der Waals surface area contributed by atoms with Crippen molar-refractivity contribution in [1.82, 2.24) is 20.0 Å². The third kappa shape index (κ3) is 1.93. The minimum Gasteiger partial charge on any atom is -0.336 e. The normalized spacial score (nSPS) is 21.5. The molecule has 7 nitrogen and oxygen atoms in total. The minimum absolute atomic E-state index is 0.0819. The first-order chi connectivity index (χ1) is 10.6. The summed E-state index contributed by atoms with van der Waals surface area (Å²) in [5.41, 5.74) is 0.971. The van der Waals surface area contributed by atoms with Crippen molar-refractivity contribution in [2.75, 3.05) is 19.6 Å². The number of aromatic amines is 2. The van der Waals surface area contributed by atoms with Crippen molar-refractivity contribution in [2.24, 2.45) is 0 Å². The smallest absolute Gasteiger partial charge is 0.271 e. The Bertz CT molecular complexity index is 822. The molecule has 7 heteroatoms. The van der Waals surface area contributed by atoms with Crippen LogP contribution in [0.2, 0.25) is 0 Å². The van der Waals surface area contributed by atoms with Crippen LogP contribution in [0.4, 0.5) is 0 Å². The van der Waals surface area contributed by atoms with Crippen LogP contribution in [0, 0.1) is 0 Å². The topological polar surface area (TPSA) is 89.3 Å². The van der Waals surface area contributed by atoms with Gasteiger partial charge < -0.3 is 9.80 Å². The number of carbonyl (C=O) groups excluding carboxylic acids is 2. The Morgan fingerprint density at radius 1 is 1.18 bits per heavy atom. The van der Waals surface area contributed by atoms with Crippen molar-refractivity contribution in [2.45, 2.75) is 18.9 Å². The fourth-order valence-electron chi connectivity index (χ4n) is 3.40. The summed E-state index contributed by atoms with van der Waals surface area (Å²) < 4.78 is 0. The van der Waals surface area contributed by atoms with Gasteiger partial charge in [0.05, 0.1) is 10.9 Å². The summed E-state index contributed by atoms with van der Waals surface area (Å²) in [7, 11) is 0. The van der Waals surface area contributed by atoms with E-state index in [-0.39, 0.29) is 23.4 Å². The lowest BCUT2D eigenvalue weighted by Gasteiger charge is -2.37. The van der Waals surface area contributed by atoms with Gasteiger partial charge in [-0.3, -0.25) is 24.6 Å². The molecule has 0 radical (unpaired) electrons. The molecule has 2 N–H and O–H groups in total. The van der Waals surface area contributed by atoms with Crippen molar-refractivity contribution < 1.29 is 9.59 Å². The molecule has 0 bridgehead atoms. The number of fused-ring (bicyclic) bond motifs is 2. The Hall–Kier alpha value is -2.57. The number of nitrogens with one attached hydrogen (secondary N) is 2. The van der Waals surface area contributed by atoms with Crippen molar-refractivity contribution in [1.29, 1.82) is 0 Å². The van der Waals surface area contributed by atoms with Crippen LogP contribution in [-0.2, 0) is 4.79 Å². The number of aromatic nitrogens is 2. The zero-order valence-corrected chi connectivity index (χ0v) is 12.0. The Morgan fingerprint density at radius 2 is 2.05 bits per heavy atom. The number of H-pyrrole nitrogens is 2. The maximum atomic E-state index is 12.6. The van der Waals surface area contributed by atoms with E-state index >= 15 is 0 Å². The number of nitrogens with zero attached hydrogens (tertiary/aromatic N) is 2. The zero-order chi connectivity index (χ0) is 15.3. The molecule has 2 amide bonds. The second kappa shape index (κ2) is 4.72. The highest BCUT2D eigenvalue weighted by Crippen LogP contribution is 2.24. The number of amides is 2. The fourth-order valence-corrected chi connectivity index (χ4v) is 3.40. The lowest BCUT2D eigenvalue weighted by Crippen LogP contribution is -2.53. The molecular formula is C15H16N4O3. The molecule has 2 aliphatic heterocycles. The maximum Gasteiger partial charge on any atom is 0.271 e. The van der Waals surface area contributed by atoms with Crippen molar-refractivity contribution in [3.05, 3.63) is 34.1 Å². The van der Waals surface area contributed by atoms with Gasteiger partial charge in [-0.05, 0) is 24.6 Å². The number of piperazine rings is 1. The monoisotopic (exact) mass is 300 g/mol. The Kier molecular flexibility index (Phi) is 2.82. The fraction of sp³-hybridized carbons (Fsp3) is 0.400. The molecule has 2 aliphatic rings. The molecule has 1 aromatic heterocycles. The van der Waals surface area contributed by atoms with Gasteiger partial charge in [0.15, 0.2) is 0 Å². The molecule has 114 valence electrons. The predicted molar refractivity (Wildman–Crippen MR) is 79.6 cm³/mol. The van der Waals surface area contributed by atoms with Crippen molar-refractivity contribution >= 4 is 22.7 Å². The molecule has 0 spiro atoms. The number of rotatable bonds is 1. The maximum absolute atomic E-state index is 12.6. The second-order valence-corrected chi connectivity index (χ2v) is 5.87. The molecule has 3 heterocycles. The van der Waals surface area contributed by atoms with Crippen LogP contribution in [-0.4, -0.2) is 57.5 Å². The van der Waals surface area contributed by atoms with E-state index in [1.54, 1.807) is 23.1 Å². The third-order valence-corrected chi connectivity index (χ3v) is 4.60. The van der Waals surface area contributed by atoms with E-state index in [0.717, 1.165) is 6.42 Å². The first-order valence-corrected chi connectivity index (χ1v) is 7.42. The van der Waals surface area contributed by atoms with E-state index in [1.807, 2.05) is 4.90 Å². The van der Waals surface area contributed by atoms with Gasteiger partial charge in [-0.1, -0.05) is 0 Å². The van der Waals surface area contributed by atoms with Gasteiger partial charge in [-0.15, -0.1) is 0 Å². The second-order valence-electron chi connectivity index (χ2n) is 5.87. The van der Waals surface area contributed by atoms with Gasteiger partial charge >= 0.3 is 0 Å². The van der Waals surface area contributed by atoms with Crippen LogP contribution >= 0.6 is 0 Å². The van der Waals surface area contributed by atoms with Crippen molar-refractivity contribution in [3.63, 3.8) is 0 Å². The lowest BCUT2D eigenvalue weighted by molar-refractivity contribution is -0.130. The van der Waals surface area contributed by atoms with E-state index in [4.69, 9.17) is 0 Å². The summed E-state index contributed by atoms with van der Waals surface area (Å²) in [5, 5.41) is 5.76. The van der Waals surface area contributed by atoms with Crippen LogP contribution in [0.5, 0.6) is 0 Å². The minimum atomic E-state index is -0.226. The average molecular weight is 300 g/mol. The average Bonchev–Trinajstić information content (AvgIpc) is 3.10. The van der Waals surface area contributed by atoms with Crippen LogP contribution in [0.25, 0.3) is 10.9 Å². The quantitative estimate of drug-likeness (QED) is 0.794. The highest BCUT2D eigenvalue weighted by atomic mass is 16.2. The Labute approximate surface area is 125 Å². The summed E-state index contributed by atoms with van der Waals surface area (Å²) in [6.45, 7) is 1.72. The van der Waals surface area contributed by atoms with E-state index in [2.05, 4.69) is 10.2 Å². The van der Waals surface area contributed by atoms with Gasteiger partial charge in [0, 0.05) is 37.7 Å². The van der Waals surface area contributed by atoms with Crippen LogP contribution < -0.4 is 5.56 Å². The number of hydrogen-bond donors (Lipinski definition) is 2. The van der Waals surface area contributed by atoms with Crippen molar-refractivity contribution in [3.8, 4) is 0 Å². The number of benzene rings is 1. The SMILES string of the molecule is O=C(c1ccc2[nH][nH]c(=O)c2c1)N1CCN2C(=O)CCC2C1.